The lowest BCUT2D eigenvalue weighted by Crippen LogP contribution is -2.34. The second-order valence-corrected chi connectivity index (χ2v) is 11.2. The molecule has 0 amide bonds. The molecule has 0 unspecified atom stereocenters. The number of benzene rings is 1. The van der Waals surface area contributed by atoms with E-state index < -0.39 is 17.7 Å². The van der Waals surface area contributed by atoms with Crippen molar-refractivity contribution in [3.05, 3.63) is 90.2 Å². The molecule has 14 heteroatoms. The Morgan fingerprint density at radius 1 is 1.23 bits per heavy atom. The summed E-state index contributed by atoms with van der Waals surface area (Å²) in [6.45, 7) is 10.2. The molecule has 4 rings (SSSR count). The summed E-state index contributed by atoms with van der Waals surface area (Å²) in [5.41, 5.74) is 6.60. The van der Waals surface area contributed by atoms with Crippen LogP contribution in [0.4, 0.5) is 18.3 Å². The highest BCUT2D eigenvalue weighted by molar-refractivity contribution is 7.18. The van der Waals surface area contributed by atoms with Crippen LogP contribution in [-0.2, 0) is 12.6 Å². The standard InChI is InChI=1S/C30H34F3N9OS/c1-7-21(13-12-19(3)40(6)25(35-8-2)18-39(4)5)41-15-14-23-26(24(43)17-41)42(38-27(23)30(31,32)33)22-11-9-10-20(16-22)28-36-37-29(34)44-28/h7-13,16H,2-3,14-15,17-18H2,1,4-6H3,(H2,34,37)/b13-12-,21-7+,35-25?. The van der Waals surface area contributed by atoms with Crippen LogP contribution in [0.1, 0.15) is 28.7 Å². The number of Topliss-reactive ketones (excluding diaryl/α,β-unsaturated/α-hetero) is 1. The quantitative estimate of drug-likeness (QED) is 0.200. The third kappa shape index (κ3) is 7.14. The monoisotopic (exact) mass is 625 g/mol. The number of likely N-dealkylation sites (N-methyl/N-ethyl adjacent to an activating group) is 2. The van der Waals surface area contributed by atoms with Gasteiger partial charge in [0.2, 0.25) is 10.9 Å². The van der Waals surface area contributed by atoms with Gasteiger partial charge in [-0.3, -0.25) is 4.79 Å². The number of ketones is 1. The van der Waals surface area contributed by atoms with Gasteiger partial charge in [-0.25, -0.2) is 9.67 Å². The number of hydrogen-bond acceptors (Lipinski definition) is 9. The third-order valence-electron chi connectivity index (χ3n) is 6.88. The highest BCUT2D eigenvalue weighted by Gasteiger charge is 2.41. The smallest absolute Gasteiger partial charge is 0.374 e. The van der Waals surface area contributed by atoms with Crippen LogP contribution in [0.15, 0.2) is 78.2 Å². The Balaban J connectivity index is 1.65. The molecule has 1 aliphatic heterocycles. The molecule has 10 nitrogen and oxygen atoms in total. The average molecular weight is 626 g/mol. The van der Waals surface area contributed by atoms with Gasteiger partial charge in [0.1, 0.15) is 16.5 Å². The van der Waals surface area contributed by atoms with Gasteiger partial charge in [-0.15, -0.1) is 10.2 Å². The van der Waals surface area contributed by atoms with Gasteiger partial charge >= 0.3 is 6.18 Å². The maximum Gasteiger partial charge on any atom is 0.435 e. The zero-order valence-corrected chi connectivity index (χ0v) is 25.8. The van der Waals surface area contributed by atoms with Crippen molar-refractivity contribution < 1.29 is 18.0 Å². The van der Waals surface area contributed by atoms with Crippen molar-refractivity contribution in [3.8, 4) is 16.3 Å². The minimum Gasteiger partial charge on any atom is -0.374 e. The first-order valence-corrected chi connectivity index (χ1v) is 14.4. The highest BCUT2D eigenvalue weighted by atomic mass is 32.1. The van der Waals surface area contributed by atoms with E-state index in [0.29, 0.717) is 34.2 Å². The minimum absolute atomic E-state index is 0.0342. The Labute approximate surface area is 258 Å². The topological polar surface area (TPSA) is 109 Å². The molecule has 232 valence electrons. The molecule has 44 heavy (non-hydrogen) atoms. The molecule has 0 atom stereocenters. The SMILES string of the molecule is C=CN=C(CN(C)C)N(C)C(=C)/C=C\C(=C/C)N1CCc2c(C(F)(F)F)nn(-c3cccc(-c4nnc(N)s4)c3)c2C(=O)C1. The van der Waals surface area contributed by atoms with Crippen LogP contribution in [0, 0.1) is 0 Å². The molecule has 0 spiro atoms. The molecular formula is C30H34F3N9OS. The normalized spacial score (nSPS) is 14.7. The van der Waals surface area contributed by atoms with Gasteiger partial charge in [0.25, 0.3) is 0 Å². The number of alkyl halides is 3. The van der Waals surface area contributed by atoms with E-state index in [4.69, 9.17) is 5.73 Å². The number of rotatable bonds is 9. The molecule has 2 aromatic heterocycles. The maximum atomic E-state index is 14.2. The lowest BCUT2D eigenvalue weighted by molar-refractivity contribution is -0.142. The van der Waals surface area contributed by atoms with E-state index in [0.717, 1.165) is 21.9 Å². The van der Waals surface area contributed by atoms with Gasteiger partial charge in [0, 0.05) is 42.3 Å². The predicted octanol–water partition coefficient (Wildman–Crippen LogP) is 5.04. The number of aliphatic imine (C=N–C) groups is 1. The van der Waals surface area contributed by atoms with Crippen LogP contribution in [0.5, 0.6) is 0 Å². The molecule has 1 aliphatic rings. The van der Waals surface area contributed by atoms with Crippen molar-refractivity contribution in [2.75, 3.05) is 46.5 Å². The van der Waals surface area contributed by atoms with Crippen molar-refractivity contribution in [2.24, 2.45) is 4.99 Å². The fourth-order valence-electron chi connectivity index (χ4n) is 4.77. The number of nitrogens with zero attached hydrogens (tertiary/aromatic N) is 8. The summed E-state index contributed by atoms with van der Waals surface area (Å²) < 4.78 is 43.8. The lowest BCUT2D eigenvalue weighted by atomic mass is 10.1. The lowest BCUT2D eigenvalue weighted by Gasteiger charge is -2.25. The Morgan fingerprint density at radius 3 is 2.59 bits per heavy atom. The maximum absolute atomic E-state index is 14.2. The van der Waals surface area contributed by atoms with Gasteiger partial charge in [0.05, 0.1) is 18.8 Å². The summed E-state index contributed by atoms with van der Waals surface area (Å²) in [6.07, 6.45) is 2.05. The van der Waals surface area contributed by atoms with E-state index in [9.17, 15) is 18.0 Å². The fourth-order valence-corrected chi connectivity index (χ4v) is 5.38. The Kier molecular flexibility index (Phi) is 9.85. The van der Waals surface area contributed by atoms with Gasteiger partial charge in [0.15, 0.2) is 5.69 Å². The second kappa shape index (κ2) is 13.4. The third-order valence-corrected chi connectivity index (χ3v) is 7.69. The zero-order valence-electron chi connectivity index (χ0n) is 25.0. The van der Waals surface area contributed by atoms with Crippen LogP contribution in [0.3, 0.4) is 0 Å². The number of amidine groups is 1. The number of hydrogen-bond donors (Lipinski definition) is 1. The summed E-state index contributed by atoms with van der Waals surface area (Å²) in [6, 6.07) is 6.61. The Bertz CT molecular complexity index is 1650. The molecule has 0 bridgehead atoms. The molecule has 3 heterocycles. The predicted molar refractivity (Wildman–Crippen MR) is 167 cm³/mol. The van der Waals surface area contributed by atoms with Crippen LogP contribution in [0.2, 0.25) is 0 Å². The highest BCUT2D eigenvalue weighted by Crippen LogP contribution is 2.36. The van der Waals surface area contributed by atoms with E-state index >= 15 is 0 Å². The Hall–Kier alpha value is -4.56. The number of anilines is 1. The number of allylic oxidation sites excluding steroid dienone is 3. The molecule has 2 N–H and O–H groups in total. The zero-order chi connectivity index (χ0) is 32.2. The number of halogens is 3. The van der Waals surface area contributed by atoms with Crippen LogP contribution < -0.4 is 5.73 Å². The van der Waals surface area contributed by atoms with Gasteiger partial charge < -0.3 is 20.4 Å². The first-order valence-electron chi connectivity index (χ1n) is 13.6. The largest absolute Gasteiger partial charge is 0.435 e. The van der Waals surface area contributed by atoms with Crippen molar-refractivity contribution in [3.63, 3.8) is 0 Å². The number of nitrogens with two attached hydrogens (primary N) is 1. The number of aromatic nitrogens is 4. The Morgan fingerprint density at radius 2 is 1.98 bits per heavy atom. The molecule has 0 aliphatic carbocycles. The van der Waals surface area contributed by atoms with E-state index in [-0.39, 0.29) is 35.9 Å². The average Bonchev–Trinajstić information content (AvgIpc) is 3.55. The summed E-state index contributed by atoms with van der Waals surface area (Å²) in [5, 5.41) is 12.5. The summed E-state index contributed by atoms with van der Waals surface area (Å²) >= 11 is 1.14. The molecule has 0 saturated heterocycles. The number of carbonyl (C=O) groups is 1. The number of carbonyl (C=O) groups excluding carboxylic acids is 1. The first-order chi connectivity index (χ1) is 20.8. The summed E-state index contributed by atoms with van der Waals surface area (Å²) in [5.74, 6) is 0.242. The summed E-state index contributed by atoms with van der Waals surface area (Å²) in [4.78, 5) is 23.6. The van der Waals surface area contributed by atoms with Crippen LogP contribution in [0.25, 0.3) is 16.3 Å². The first kappa shape index (κ1) is 32.4. The summed E-state index contributed by atoms with van der Waals surface area (Å²) in [7, 11) is 5.68. The fraction of sp³-hybridized carbons (Fsp3) is 0.300. The molecule has 0 fully saturated rings. The van der Waals surface area contributed by atoms with E-state index in [1.165, 1.54) is 6.20 Å². The van der Waals surface area contributed by atoms with Crippen LogP contribution >= 0.6 is 11.3 Å². The van der Waals surface area contributed by atoms with Gasteiger partial charge in [-0.2, -0.15) is 18.3 Å². The van der Waals surface area contributed by atoms with Crippen molar-refractivity contribution in [1.29, 1.82) is 0 Å². The minimum atomic E-state index is -4.75. The van der Waals surface area contributed by atoms with Crippen LogP contribution in [-0.4, -0.2) is 87.1 Å². The molecule has 1 aromatic carbocycles. The molecule has 3 aromatic rings. The molecule has 0 saturated carbocycles. The van der Waals surface area contributed by atoms with E-state index in [1.54, 1.807) is 54.3 Å². The van der Waals surface area contributed by atoms with Gasteiger partial charge in [-0.05, 0) is 51.7 Å². The number of fused-ring (bicyclic) bond motifs is 1. The number of nitrogen functional groups attached to an aromatic ring is 1. The van der Waals surface area contributed by atoms with E-state index in [2.05, 4.69) is 33.4 Å². The second-order valence-electron chi connectivity index (χ2n) is 10.2. The van der Waals surface area contributed by atoms with Gasteiger partial charge in [-0.1, -0.05) is 42.7 Å². The van der Waals surface area contributed by atoms with Crippen molar-refractivity contribution in [2.45, 2.75) is 19.5 Å². The molecular weight excluding hydrogens is 591 g/mol. The van der Waals surface area contributed by atoms with Crippen molar-refractivity contribution in [1.82, 2.24) is 34.7 Å². The van der Waals surface area contributed by atoms with E-state index in [1.807, 2.05) is 30.9 Å². The molecule has 0 radical (unpaired) electrons. The van der Waals surface area contributed by atoms with Crippen molar-refractivity contribution >= 4 is 28.1 Å².